The van der Waals surface area contributed by atoms with E-state index >= 15 is 0 Å². The predicted octanol–water partition coefficient (Wildman–Crippen LogP) is 7.65. The monoisotopic (exact) mass is 435 g/mol. The van der Waals surface area contributed by atoms with Gasteiger partial charge in [0.2, 0.25) is 4.52 Å². The van der Waals surface area contributed by atoms with Crippen LogP contribution in [0.5, 0.6) is 0 Å². The summed E-state index contributed by atoms with van der Waals surface area (Å²) in [6.45, 7) is 2.25. The minimum Gasteiger partial charge on any atom is -0.344 e. The van der Waals surface area contributed by atoms with Crippen LogP contribution in [0.1, 0.15) is 110 Å². The Balaban J connectivity index is 0. The zero-order chi connectivity index (χ0) is 19.0. The molecule has 0 saturated heterocycles. The number of unbranched alkanes of at least 4 members (excludes halogenated alkanes) is 14. The van der Waals surface area contributed by atoms with E-state index in [9.17, 15) is 4.57 Å². The van der Waals surface area contributed by atoms with Gasteiger partial charge in [0.15, 0.2) is 0 Å². The lowest BCUT2D eigenvalue weighted by molar-refractivity contribution is 0.148. The van der Waals surface area contributed by atoms with Crippen molar-refractivity contribution in [3.63, 3.8) is 0 Å². The van der Waals surface area contributed by atoms with Crippen molar-refractivity contribution in [1.29, 1.82) is 0 Å². The number of phosphoric acid groups is 1. The minimum absolute atomic E-state index is 0. The first-order valence-electron chi connectivity index (χ1n) is 9.91. The van der Waals surface area contributed by atoms with Gasteiger partial charge in [-0.1, -0.05) is 120 Å². The molecule has 5 nitrogen and oxygen atoms in total. The van der Waals surface area contributed by atoms with Gasteiger partial charge in [-0.05, 0) is 6.42 Å². The molecule has 0 aliphatic heterocycles. The largest absolute Gasteiger partial charge is 0.472 e. The van der Waals surface area contributed by atoms with Gasteiger partial charge in [0.1, 0.15) is 0 Å². The predicted molar refractivity (Wildman–Crippen MR) is 112 cm³/mol. The molecule has 0 spiro atoms. The van der Waals surface area contributed by atoms with E-state index in [-0.39, 0.29) is 12.6 Å². The Kier molecular flexibility index (Phi) is 19.7. The van der Waals surface area contributed by atoms with Gasteiger partial charge in [-0.2, -0.15) is 0 Å². The highest BCUT2D eigenvalue weighted by atomic mass is 35.5. The molecule has 0 aliphatic rings. The highest BCUT2D eigenvalue weighted by Gasteiger charge is 2.33. The highest BCUT2D eigenvalue weighted by Crippen LogP contribution is 2.46. The van der Waals surface area contributed by atoms with Crippen molar-refractivity contribution in [3.8, 4) is 0 Å². The van der Waals surface area contributed by atoms with E-state index < -0.39 is 12.3 Å². The van der Waals surface area contributed by atoms with Crippen molar-refractivity contribution in [2.75, 3.05) is 0 Å². The fourth-order valence-electron chi connectivity index (χ4n) is 2.92. The van der Waals surface area contributed by atoms with Gasteiger partial charge in [-0.15, -0.1) is 0 Å². The second-order valence-corrected chi connectivity index (χ2v) is 9.50. The number of alkyl halides is 2. The maximum Gasteiger partial charge on any atom is 0.472 e. The number of phosphoric ester groups is 1. The van der Waals surface area contributed by atoms with Crippen molar-refractivity contribution in [3.05, 3.63) is 0 Å². The second kappa shape index (κ2) is 17.7. The molecule has 0 aromatic heterocycles. The van der Waals surface area contributed by atoms with Gasteiger partial charge in [-0.25, -0.2) is 9.09 Å². The fourth-order valence-corrected chi connectivity index (χ4v) is 4.17. The van der Waals surface area contributed by atoms with Crippen LogP contribution in [0.3, 0.4) is 0 Å². The zero-order valence-corrected chi connectivity index (χ0v) is 18.8. The van der Waals surface area contributed by atoms with Crippen LogP contribution in [0.4, 0.5) is 0 Å². The molecule has 160 valence electrons. The van der Waals surface area contributed by atoms with Crippen LogP contribution < -0.4 is 6.15 Å². The van der Waals surface area contributed by atoms with Crippen LogP contribution in [0.25, 0.3) is 0 Å². The normalized spacial score (nSPS) is 12.2. The summed E-state index contributed by atoms with van der Waals surface area (Å²) < 4.78 is 13.3. The molecule has 0 aromatic carbocycles. The minimum atomic E-state index is -4.64. The molecule has 26 heavy (non-hydrogen) atoms. The quantitative estimate of drug-likeness (QED) is 0.116. The molecule has 0 rings (SSSR count). The fraction of sp³-hybridized carbons (Fsp3) is 1.00. The van der Waals surface area contributed by atoms with Gasteiger partial charge in [0.25, 0.3) is 0 Å². The van der Waals surface area contributed by atoms with Gasteiger partial charge >= 0.3 is 7.82 Å². The highest BCUT2D eigenvalue weighted by molar-refractivity contribution is 7.46. The number of rotatable bonds is 18. The smallest absolute Gasteiger partial charge is 0.344 e. The van der Waals surface area contributed by atoms with E-state index in [4.69, 9.17) is 33.0 Å². The summed E-state index contributed by atoms with van der Waals surface area (Å²) in [5.41, 5.74) is 0. The van der Waals surface area contributed by atoms with E-state index in [1.54, 1.807) is 0 Å². The Labute approximate surface area is 170 Å². The summed E-state index contributed by atoms with van der Waals surface area (Å²) in [4.78, 5) is 17.4. The van der Waals surface area contributed by atoms with Crippen molar-refractivity contribution in [2.24, 2.45) is 0 Å². The van der Waals surface area contributed by atoms with Gasteiger partial charge in [0.05, 0.1) is 0 Å². The van der Waals surface area contributed by atoms with Crippen molar-refractivity contribution in [2.45, 2.75) is 114 Å². The van der Waals surface area contributed by atoms with Crippen LogP contribution in [-0.2, 0) is 9.09 Å². The third kappa shape index (κ3) is 22.7. The summed E-state index contributed by atoms with van der Waals surface area (Å²) in [6.07, 6.45) is 19.1. The summed E-state index contributed by atoms with van der Waals surface area (Å²) in [6, 6.07) is 0. The topological polar surface area (TPSA) is 102 Å². The lowest BCUT2D eigenvalue weighted by atomic mass is 10.0. The number of hydrogen-bond donors (Lipinski definition) is 3. The molecule has 5 N–H and O–H groups in total. The average molecular weight is 436 g/mol. The Morgan fingerprint density at radius 1 is 0.731 bits per heavy atom. The van der Waals surface area contributed by atoms with E-state index in [0.717, 1.165) is 12.8 Å². The second-order valence-electron chi connectivity index (χ2n) is 6.92. The van der Waals surface area contributed by atoms with E-state index in [1.807, 2.05) is 0 Å². The summed E-state index contributed by atoms with van der Waals surface area (Å²) >= 11 is 11.5. The van der Waals surface area contributed by atoms with E-state index in [2.05, 4.69) is 11.4 Å². The molecule has 0 saturated carbocycles. The van der Waals surface area contributed by atoms with Gasteiger partial charge in [0, 0.05) is 6.42 Å². The van der Waals surface area contributed by atoms with Gasteiger partial charge < -0.3 is 15.9 Å². The summed E-state index contributed by atoms with van der Waals surface area (Å²) in [7, 11) is -4.64. The van der Waals surface area contributed by atoms with Crippen LogP contribution in [0.15, 0.2) is 0 Å². The van der Waals surface area contributed by atoms with Crippen molar-refractivity contribution >= 4 is 31.0 Å². The zero-order valence-electron chi connectivity index (χ0n) is 16.4. The molecule has 0 aromatic rings. The molecular formula is C18H40Cl2NO4P. The Bertz CT molecular complexity index is 354. The maximum absolute atomic E-state index is 10.7. The number of hydrogen-bond acceptors (Lipinski definition) is 3. The lowest BCUT2D eigenvalue weighted by Crippen LogP contribution is -2.15. The summed E-state index contributed by atoms with van der Waals surface area (Å²) in [5.74, 6) is 0. The standard InChI is InChI=1S/C18H37Cl2O4P.H3N/c1-2-3-4-5-6-7-8-9-10-11-12-13-14-15-16-17-18(19,20)24-25(21,22)23;/h2-17H2,1H3,(H2,21,22,23);1H3. The van der Waals surface area contributed by atoms with Crippen LogP contribution in [0.2, 0.25) is 0 Å². The van der Waals surface area contributed by atoms with Crippen molar-refractivity contribution < 1.29 is 18.9 Å². The number of halogens is 2. The molecule has 0 atom stereocenters. The third-order valence-corrected chi connectivity index (χ3v) is 5.62. The molecule has 0 heterocycles. The molecular weight excluding hydrogens is 396 g/mol. The van der Waals surface area contributed by atoms with Crippen molar-refractivity contribution in [1.82, 2.24) is 6.15 Å². The SMILES string of the molecule is CCCCCCCCCCCCCCCCCC(Cl)(Cl)OP(=O)(O)O.N. The molecule has 0 amide bonds. The van der Waals surface area contributed by atoms with Crippen LogP contribution in [-0.4, -0.2) is 14.3 Å². The molecule has 0 unspecified atom stereocenters. The molecule has 0 aliphatic carbocycles. The Morgan fingerprint density at radius 2 is 1.04 bits per heavy atom. The molecule has 0 radical (unpaired) electrons. The first kappa shape index (κ1) is 28.9. The summed E-state index contributed by atoms with van der Waals surface area (Å²) in [5, 5.41) is 0. The van der Waals surface area contributed by atoms with Gasteiger partial charge in [-0.3, -0.25) is 0 Å². The lowest BCUT2D eigenvalue weighted by Gasteiger charge is -2.19. The average Bonchev–Trinajstić information content (AvgIpc) is 2.48. The molecule has 8 heteroatoms. The first-order valence-corrected chi connectivity index (χ1v) is 12.2. The Morgan fingerprint density at radius 3 is 1.35 bits per heavy atom. The first-order chi connectivity index (χ1) is 11.8. The Hall–Kier alpha value is 0.650. The van der Waals surface area contributed by atoms with E-state index in [1.165, 1.54) is 77.0 Å². The molecule has 0 bridgehead atoms. The van der Waals surface area contributed by atoms with E-state index in [0.29, 0.717) is 6.42 Å². The van der Waals surface area contributed by atoms with Crippen LogP contribution in [0, 0.1) is 0 Å². The third-order valence-electron chi connectivity index (χ3n) is 4.32. The molecule has 0 fully saturated rings. The maximum atomic E-state index is 10.7. The van der Waals surface area contributed by atoms with Crippen LogP contribution >= 0.6 is 31.0 Å².